The Kier molecular flexibility index (Phi) is 6.12. The summed E-state index contributed by atoms with van der Waals surface area (Å²) in [4.78, 5) is 7.65. The number of thiophene rings is 2. The number of aryl methyl sites for hydroxylation is 1. The molecule has 174 valence electrons. The maximum absolute atomic E-state index is 4.92. The third kappa shape index (κ3) is 4.00. The van der Waals surface area contributed by atoms with Crippen LogP contribution in [0.25, 0.3) is 41.5 Å². The van der Waals surface area contributed by atoms with Crippen LogP contribution in [0.2, 0.25) is 0 Å². The summed E-state index contributed by atoms with van der Waals surface area (Å²) in [7, 11) is 0. The number of hydrogen-bond donors (Lipinski definition) is 0. The van der Waals surface area contributed by atoms with Gasteiger partial charge in [-0.05, 0) is 64.8 Å². The molecule has 0 aliphatic rings. The van der Waals surface area contributed by atoms with Crippen LogP contribution in [0.5, 0.6) is 0 Å². The molecule has 0 atom stereocenters. The van der Waals surface area contributed by atoms with Crippen LogP contribution in [0.3, 0.4) is 0 Å². The van der Waals surface area contributed by atoms with Crippen molar-refractivity contribution in [1.82, 2.24) is 4.98 Å². The zero-order chi connectivity index (χ0) is 24.2. The zero-order valence-electron chi connectivity index (χ0n) is 20.8. The standard InChI is InChI=1S/C30H31NS3/c1-8-32-24-12-9-19(16-23(24)30(5,6)7)27-26-21-11-10-20-22(15-17(2)3)18(4)33-28(20)29(21)34-25(26)13-14-31-27/h8-14,16-17H,1,15H2,2-7H3. The lowest BCUT2D eigenvalue weighted by atomic mass is 9.85. The van der Waals surface area contributed by atoms with Crippen molar-refractivity contribution in [3.8, 4) is 11.3 Å². The summed E-state index contributed by atoms with van der Waals surface area (Å²) in [6.45, 7) is 17.7. The van der Waals surface area contributed by atoms with E-state index in [1.165, 1.54) is 56.7 Å². The molecule has 0 fully saturated rings. The SMILES string of the molecule is C=CSc1ccc(-c2nccc3sc4c(ccc5c(CC(C)C)c(C)sc54)c23)cc1C(C)(C)C. The van der Waals surface area contributed by atoms with Gasteiger partial charge in [-0.25, -0.2) is 0 Å². The smallest absolute Gasteiger partial charge is 0.0795 e. The Labute approximate surface area is 214 Å². The number of rotatable bonds is 5. The summed E-state index contributed by atoms with van der Waals surface area (Å²) in [5.41, 5.74) is 5.17. The van der Waals surface area contributed by atoms with Gasteiger partial charge in [-0.2, -0.15) is 0 Å². The first-order chi connectivity index (χ1) is 16.2. The summed E-state index contributed by atoms with van der Waals surface area (Å²) >= 11 is 5.57. The number of thioether (sulfide) groups is 1. The number of hydrogen-bond acceptors (Lipinski definition) is 4. The number of fused-ring (bicyclic) bond motifs is 5. The summed E-state index contributed by atoms with van der Waals surface area (Å²) in [6, 6.07) is 13.7. The summed E-state index contributed by atoms with van der Waals surface area (Å²) in [6.07, 6.45) is 3.11. The molecular formula is C30H31NS3. The van der Waals surface area contributed by atoms with E-state index in [1.54, 1.807) is 11.8 Å². The van der Waals surface area contributed by atoms with E-state index in [4.69, 9.17) is 4.98 Å². The number of nitrogens with zero attached hydrogens (tertiary/aromatic N) is 1. The van der Waals surface area contributed by atoms with Crippen molar-refractivity contribution in [2.45, 2.75) is 58.3 Å². The lowest BCUT2D eigenvalue weighted by Gasteiger charge is -2.23. The molecule has 1 nitrogen and oxygen atoms in total. The highest BCUT2D eigenvalue weighted by Gasteiger charge is 2.22. The maximum atomic E-state index is 4.92. The minimum Gasteiger partial charge on any atom is -0.256 e. The fourth-order valence-electron chi connectivity index (χ4n) is 4.84. The molecule has 0 aliphatic carbocycles. The summed E-state index contributed by atoms with van der Waals surface area (Å²) < 4.78 is 4.15. The average molecular weight is 502 g/mol. The van der Waals surface area contributed by atoms with Gasteiger partial charge in [0.2, 0.25) is 0 Å². The predicted octanol–water partition coefficient (Wildman–Crippen LogP) is 10.4. The summed E-state index contributed by atoms with van der Waals surface area (Å²) in [5, 5.41) is 5.96. The molecule has 2 aromatic carbocycles. The van der Waals surface area contributed by atoms with Gasteiger partial charge in [0.1, 0.15) is 0 Å². The molecule has 0 radical (unpaired) electrons. The van der Waals surface area contributed by atoms with Crippen LogP contribution in [0, 0.1) is 12.8 Å². The largest absolute Gasteiger partial charge is 0.256 e. The second-order valence-corrected chi connectivity index (χ2v) is 13.7. The highest BCUT2D eigenvalue weighted by molar-refractivity contribution is 8.02. The van der Waals surface area contributed by atoms with E-state index in [9.17, 15) is 0 Å². The van der Waals surface area contributed by atoms with Crippen molar-refractivity contribution in [2.24, 2.45) is 5.92 Å². The molecule has 4 heteroatoms. The fraction of sp³-hybridized carbons (Fsp3) is 0.300. The van der Waals surface area contributed by atoms with E-state index in [2.05, 4.69) is 84.5 Å². The van der Waals surface area contributed by atoms with E-state index < -0.39 is 0 Å². The Balaban J connectivity index is 1.77. The monoisotopic (exact) mass is 501 g/mol. The fourth-order valence-corrected chi connectivity index (χ4v) is 8.18. The molecule has 5 aromatic rings. The number of pyridine rings is 1. The Morgan fingerprint density at radius 1 is 1.03 bits per heavy atom. The third-order valence-corrected chi connectivity index (χ3v) is 9.67. The molecule has 0 N–H and O–H groups in total. The third-order valence-electron chi connectivity index (χ3n) is 6.40. The Morgan fingerprint density at radius 3 is 2.47 bits per heavy atom. The average Bonchev–Trinajstić information content (AvgIpc) is 3.31. The molecule has 0 bridgehead atoms. The molecule has 0 amide bonds. The van der Waals surface area contributed by atoms with Gasteiger partial charge in [0.25, 0.3) is 0 Å². The minimum absolute atomic E-state index is 0.0411. The van der Waals surface area contributed by atoms with Crippen molar-refractivity contribution >= 4 is 64.7 Å². The van der Waals surface area contributed by atoms with Gasteiger partial charge >= 0.3 is 0 Å². The first-order valence-corrected chi connectivity index (χ1v) is 14.3. The molecule has 0 saturated heterocycles. The van der Waals surface area contributed by atoms with Gasteiger partial charge in [0, 0.05) is 37.0 Å². The van der Waals surface area contributed by atoms with Crippen molar-refractivity contribution in [3.63, 3.8) is 0 Å². The molecule has 0 spiro atoms. The quantitative estimate of drug-likeness (QED) is 0.222. The van der Waals surface area contributed by atoms with Crippen LogP contribution < -0.4 is 0 Å². The zero-order valence-corrected chi connectivity index (χ0v) is 23.2. The van der Waals surface area contributed by atoms with Crippen molar-refractivity contribution in [3.05, 3.63) is 70.6 Å². The van der Waals surface area contributed by atoms with E-state index in [-0.39, 0.29) is 5.41 Å². The molecule has 3 aromatic heterocycles. The number of benzene rings is 2. The second kappa shape index (κ2) is 8.82. The van der Waals surface area contributed by atoms with Gasteiger partial charge in [-0.1, -0.05) is 71.2 Å². The van der Waals surface area contributed by atoms with E-state index in [1.807, 2.05) is 34.3 Å². The molecule has 34 heavy (non-hydrogen) atoms. The lowest BCUT2D eigenvalue weighted by Crippen LogP contribution is -2.12. The normalized spacial score (nSPS) is 12.4. The Bertz CT molecular complexity index is 1540. The molecule has 3 heterocycles. The number of aromatic nitrogens is 1. The van der Waals surface area contributed by atoms with Crippen LogP contribution >= 0.6 is 34.4 Å². The van der Waals surface area contributed by atoms with E-state index in [0.29, 0.717) is 5.92 Å². The van der Waals surface area contributed by atoms with Gasteiger partial charge in [0.15, 0.2) is 0 Å². The van der Waals surface area contributed by atoms with Crippen LogP contribution in [0.4, 0.5) is 0 Å². The molecule has 0 saturated carbocycles. The first-order valence-electron chi connectivity index (χ1n) is 11.8. The highest BCUT2D eigenvalue weighted by Crippen LogP contribution is 2.46. The summed E-state index contributed by atoms with van der Waals surface area (Å²) in [5.74, 6) is 0.657. The first kappa shape index (κ1) is 23.6. The van der Waals surface area contributed by atoms with Gasteiger partial charge in [-0.15, -0.1) is 22.7 Å². The van der Waals surface area contributed by atoms with Crippen LogP contribution in [0.1, 0.15) is 50.6 Å². The van der Waals surface area contributed by atoms with Crippen LogP contribution in [-0.2, 0) is 11.8 Å². The van der Waals surface area contributed by atoms with Crippen molar-refractivity contribution < 1.29 is 0 Å². The minimum atomic E-state index is 0.0411. The van der Waals surface area contributed by atoms with Gasteiger partial charge in [-0.3, -0.25) is 4.98 Å². The van der Waals surface area contributed by atoms with E-state index >= 15 is 0 Å². The van der Waals surface area contributed by atoms with Crippen molar-refractivity contribution in [1.29, 1.82) is 0 Å². The molecule has 5 rings (SSSR count). The van der Waals surface area contributed by atoms with Gasteiger partial charge in [0.05, 0.1) is 15.1 Å². The topological polar surface area (TPSA) is 12.9 Å². The van der Waals surface area contributed by atoms with Gasteiger partial charge < -0.3 is 0 Å². The van der Waals surface area contributed by atoms with Crippen molar-refractivity contribution in [2.75, 3.05) is 0 Å². The predicted molar refractivity (Wildman–Crippen MR) is 156 cm³/mol. The van der Waals surface area contributed by atoms with Crippen LogP contribution in [0.15, 0.2) is 59.5 Å². The van der Waals surface area contributed by atoms with E-state index in [0.717, 1.165) is 12.1 Å². The van der Waals surface area contributed by atoms with Crippen LogP contribution in [-0.4, -0.2) is 4.98 Å². The molecular weight excluding hydrogens is 471 g/mol. The molecule has 0 aliphatic heterocycles. The lowest BCUT2D eigenvalue weighted by molar-refractivity contribution is 0.578. The highest BCUT2D eigenvalue weighted by atomic mass is 32.2. The second-order valence-electron chi connectivity index (χ2n) is 10.4. The Morgan fingerprint density at radius 2 is 1.76 bits per heavy atom. The molecule has 0 unspecified atom stereocenters. The Hall–Kier alpha value is -2.14. The maximum Gasteiger partial charge on any atom is 0.0795 e.